The average molecular weight is 342 g/mol. The highest BCUT2D eigenvalue weighted by molar-refractivity contribution is 5.28. The van der Waals surface area contributed by atoms with Gasteiger partial charge in [0.1, 0.15) is 5.75 Å². The summed E-state index contributed by atoms with van der Waals surface area (Å²) < 4.78 is 0. The van der Waals surface area contributed by atoms with E-state index in [2.05, 4.69) is 63.0 Å². The Bertz CT molecular complexity index is 564. The van der Waals surface area contributed by atoms with Crippen molar-refractivity contribution in [3.63, 3.8) is 0 Å². The molecule has 2 unspecified atom stereocenters. The van der Waals surface area contributed by atoms with E-state index in [0.29, 0.717) is 17.7 Å². The lowest BCUT2D eigenvalue weighted by Gasteiger charge is -2.39. The first-order valence-electron chi connectivity index (χ1n) is 9.89. The number of nitrogens with zero attached hydrogens (tertiary/aromatic N) is 1. The molecule has 0 bridgehead atoms. The molecule has 25 heavy (non-hydrogen) atoms. The van der Waals surface area contributed by atoms with Gasteiger partial charge < -0.3 is 10.0 Å². The van der Waals surface area contributed by atoms with Crippen LogP contribution in [0.3, 0.4) is 0 Å². The van der Waals surface area contributed by atoms with Crippen LogP contribution < -0.4 is 0 Å². The molecule has 1 saturated heterocycles. The highest BCUT2D eigenvalue weighted by Gasteiger charge is 2.26. The van der Waals surface area contributed by atoms with Gasteiger partial charge in [-0.2, -0.15) is 0 Å². The molecular formula is C23H35NO. The van der Waals surface area contributed by atoms with Crippen molar-refractivity contribution >= 4 is 0 Å². The standard InChI is InChI=1S/C23H35NO/c1-5-7-8-20(6-2)17-21-13-15-24(16-14-21)19(4)18(3)22-9-11-23(25)12-10-22/h6-12,18-19,21,25H,5,13-17H2,1-4H3/b8-7-,20-6+. The molecule has 2 atom stereocenters. The number of phenolic OH excluding ortho intramolecular Hbond substituents is 1. The van der Waals surface area contributed by atoms with E-state index in [1.165, 1.54) is 43.5 Å². The Kier molecular flexibility index (Phi) is 7.77. The molecule has 0 radical (unpaired) electrons. The van der Waals surface area contributed by atoms with Crippen molar-refractivity contribution in [3.8, 4) is 5.75 Å². The second kappa shape index (κ2) is 9.82. The molecule has 0 amide bonds. The largest absolute Gasteiger partial charge is 0.508 e. The molecular weight excluding hydrogens is 306 g/mol. The van der Waals surface area contributed by atoms with Gasteiger partial charge in [0.25, 0.3) is 0 Å². The maximum Gasteiger partial charge on any atom is 0.115 e. The molecule has 2 heteroatoms. The number of aromatic hydroxyl groups is 1. The molecule has 1 N–H and O–H groups in total. The number of likely N-dealkylation sites (tertiary alicyclic amines) is 1. The molecule has 1 aliphatic rings. The van der Waals surface area contributed by atoms with Crippen molar-refractivity contribution in [1.29, 1.82) is 0 Å². The number of hydrogen-bond donors (Lipinski definition) is 1. The van der Waals surface area contributed by atoms with Crippen LogP contribution in [0, 0.1) is 5.92 Å². The summed E-state index contributed by atoms with van der Waals surface area (Å²) in [7, 11) is 0. The highest BCUT2D eigenvalue weighted by Crippen LogP contribution is 2.30. The minimum absolute atomic E-state index is 0.348. The summed E-state index contributed by atoms with van der Waals surface area (Å²) in [5, 5.41) is 9.48. The van der Waals surface area contributed by atoms with Crippen molar-refractivity contribution in [2.75, 3.05) is 13.1 Å². The summed E-state index contributed by atoms with van der Waals surface area (Å²) in [6.07, 6.45) is 11.8. The van der Waals surface area contributed by atoms with Crippen LogP contribution in [0.1, 0.15) is 64.9 Å². The number of hydrogen-bond acceptors (Lipinski definition) is 2. The Morgan fingerprint density at radius 3 is 2.40 bits per heavy atom. The second-order valence-corrected chi connectivity index (χ2v) is 7.48. The van der Waals surface area contributed by atoms with E-state index < -0.39 is 0 Å². The molecule has 138 valence electrons. The van der Waals surface area contributed by atoms with Crippen LogP contribution in [-0.4, -0.2) is 29.1 Å². The summed E-state index contributed by atoms with van der Waals surface area (Å²) in [5.74, 6) is 1.65. The van der Waals surface area contributed by atoms with E-state index in [-0.39, 0.29) is 0 Å². The third kappa shape index (κ3) is 5.74. The topological polar surface area (TPSA) is 23.5 Å². The van der Waals surface area contributed by atoms with Crippen molar-refractivity contribution in [1.82, 2.24) is 4.90 Å². The van der Waals surface area contributed by atoms with E-state index >= 15 is 0 Å². The fourth-order valence-electron chi connectivity index (χ4n) is 3.82. The van der Waals surface area contributed by atoms with Gasteiger partial charge in [-0.05, 0) is 82.2 Å². The second-order valence-electron chi connectivity index (χ2n) is 7.48. The lowest BCUT2D eigenvalue weighted by atomic mass is 9.87. The Morgan fingerprint density at radius 2 is 1.84 bits per heavy atom. The highest BCUT2D eigenvalue weighted by atomic mass is 16.3. The smallest absolute Gasteiger partial charge is 0.115 e. The van der Waals surface area contributed by atoms with Gasteiger partial charge in [0.05, 0.1) is 0 Å². The molecule has 0 aliphatic carbocycles. The molecule has 2 nitrogen and oxygen atoms in total. The van der Waals surface area contributed by atoms with Gasteiger partial charge in [-0.25, -0.2) is 0 Å². The molecule has 1 aliphatic heterocycles. The summed E-state index contributed by atoms with van der Waals surface area (Å²) in [6, 6.07) is 8.25. The van der Waals surface area contributed by atoms with Crippen LogP contribution in [0.25, 0.3) is 0 Å². The molecule has 1 aromatic rings. The predicted octanol–water partition coefficient (Wildman–Crippen LogP) is 5.90. The number of piperidine rings is 1. The molecule has 1 fully saturated rings. The minimum Gasteiger partial charge on any atom is -0.508 e. The van der Waals surface area contributed by atoms with Gasteiger partial charge in [-0.3, -0.25) is 0 Å². The first kappa shape index (κ1) is 19.8. The summed E-state index contributed by atoms with van der Waals surface area (Å²) in [6.45, 7) is 11.4. The fraction of sp³-hybridized carbons (Fsp3) is 0.565. The Hall–Kier alpha value is -1.54. The van der Waals surface area contributed by atoms with Crippen LogP contribution in [0.15, 0.2) is 48.1 Å². The van der Waals surface area contributed by atoms with Crippen molar-refractivity contribution in [3.05, 3.63) is 53.6 Å². The van der Waals surface area contributed by atoms with Crippen LogP contribution in [0.4, 0.5) is 0 Å². The zero-order valence-electron chi connectivity index (χ0n) is 16.4. The van der Waals surface area contributed by atoms with E-state index in [1.807, 2.05) is 0 Å². The van der Waals surface area contributed by atoms with Crippen molar-refractivity contribution in [2.45, 2.75) is 65.3 Å². The van der Waals surface area contributed by atoms with Crippen molar-refractivity contribution < 1.29 is 5.11 Å². The lowest BCUT2D eigenvalue weighted by molar-refractivity contribution is 0.127. The third-order valence-electron chi connectivity index (χ3n) is 5.83. The molecule has 0 spiro atoms. The molecule has 0 aromatic heterocycles. The predicted molar refractivity (Wildman–Crippen MR) is 108 cm³/mol. The number of phenols is 1. The fourth-order valence-corrected chi connectivity index (χ4v) is 3.82. The first-order valence-corrected chi connectivity index (χ1v) is 9.89. The Balaban J connectivity index is 1.86. The van der Waals surface area contributed by atoms with Gasteiger partial charge in [-0.1, -0.05) is 49.8 Å². The third-order valence-corrected chi connectivity index (χ3v) is 5.83. The van der Waals surface area contributed by atoms with E-state index in [9.17, 15) is 5.11 Å². The van der Waals surface area contributed by atoms with Crippen LogP contribution in [-0.2, 0) is 0 Å². The molecule has 2 rings (SSSR count). The van der Waals surface area contributed by atoms with E-state index in [4.69, 9.17) is 0 Å². The van der Waals surface area contributed by atoms with Crippen LogP contribution >= 0.6 is 0 Å². The summed E-state index contributed by atoms with van der Waals surface area (Å²) >= 11 is 0. The van der Waals surface area contributed by atoms with E-state index in [0.717, 1.165) is 12.3 Å². The zero-order chi connectivity index (χ0) is 18.2. The first-order chi connectivity index (χ1) is 12.0. The van der Waals surface area contributed by atoms with Gasteiger partial charge in [0, 0.05) is 6.04 Å². The molecule has 1 heterocycles. The molecule has 0 saturated carbocycles. The number of allylic oxidation sites excluding steroid dienone is 4. The normalized spacial score (nSPS) is 20.1. The van der Waals surface area contributed by atoms with Gasteiger partial charge in [0.15, 0.2) is 0 Å². The maximum atomic E-state index is 9.48. The van der Waals surface area contributed by atoms with Crippen LogP contribution in [0.5, 0.6) is 5.75 Å². The Labute approximate surface area is 154 Å². The summed E-state index contributed by atoms with van der Waals surface area (Å²) in [5.41, 5.74) is 2.80. The summed E-state index contributed by atoms with van der Waals surface area (Å²) in [4.78, 5) is 2.64. The van der Waals surface area contributed by atoms with Gasteiger partial charge >= 0.3 is 0 Å². The Morgan fingerprint density at radius 1 is 1.20 bits per heavy atom. The average Bonchev–Trinajstić information content (AvgIpc) is 2.65. The maximum absolute atomic E-state index is 9.48. The monoisotopic (exact) mass is 341 g/mol. The van der Waals surface area contributed by atoms with E-state index in [1.54, 1.807) is 12.1 Å². The number of benzene rings is 1. The van der Waals surface area contributed by atoms with Crippen LogP contribution in [0.2, 0.25) is 0 Å². The zero-order valence-corrected chi connectivity index (χ0v) is 16.4. The van der Waals surface area contributed by atoms with Gasteiger partial charge in [-0.15, -0.1) is 0 Å². The molecule has 1 aromatic carbocycles. The van der Waals surface area contributed by atoms with Crippen molar-refractivity contribution in [2.24, 2.45) is 5.92 Å². The lowest BCUT2D eigenvalue weighted by Crippen LogP contribution is -2.42. The number of rotatable bonds is 7. The van der Waals surface area contributed by atoms with Gasteiger partial charge in [0.2, 0.25) is 0 Å². The quantitative estimate of drug-likeness (QED) is 0.624. The SMILES string of the molecule is C/C=C(\C=C/CC)CC1CCN(C(C)C(C)c2ccc(O)cc2)CC1. The minimum atomic E-state index is 0.348.